The maximum atomic E-state index is 12.4. The normalized spacial score (nSPS) is 17.5. The number of aromatic nitrogens is 2. The first-order valence-electron chi connectivity index (χ1n) is 7.54. The van der Waals surface area contributed by atoms with Gasteiger partial charge in [0.2, 0.25) is 0 Å². The number of pyridine rings is 1. The van der Waals surface area contributed by atoms with Crippen molar-refractivity contribution in [2.24, 2.45) is 5.41 Å². The summed E-state index contributed by atoms with van der Waals surface area (Å²) in [4.78, 5) is 16.7. The zero-order valence-electron chi connectivity index (χ0n) is 12.7. The number of rotatable bonds is 4. The average Bonchev–Trinajstić information content (AvgIpc) is 2.96. The van der Waals surface area contributed by atoms with Crippen molar-refractivity contribution in [1.29, 1.82) is 0 Å². The Morgan fingerprint density at radius 3 is 2.95 bits per heavy atom. The summed E-state index contributed by atoms with van der Waals surface area (Å²) in [6.07, 6.45) is 5.00. The van der Waals surface area contributed by atoms with E-state index in [0.717, 1.165) is 24.1 Å². The molecule has 0 aromatic carbocycles. The molecule has 2 N–H and O–H groups in total. The molecule has 0 spiro atoms. The molecule has 0 bridgehead atoms. The number of aliphatic hydroxyl groups excluding tert-OH is 1. The maximum Gasteiger partial charge on any atom is 0.269 e. The van der Waals surface area contributed by atoms with Crippen molar-refractivity contribution in [3.8, 4) is 0 Å². The second-order valence-corrected chi connectivity index (χ2v) is 6.03. The molecule has 0 unspecified atom stereocenters. The molecule has 1 amide bonds. The van der Waals surface area contributed by atoms with E-state index in [0.29, 0.717) is 25.5 Å². The lowest BCUT2D eigenvalue weighted by Crippen LogP contribution is -2.43. The fourth-order valence-electron chi connectivity index (χ4n) is 2.81. The molecular formula is C16H21N3O3. The van der Waals surface area contributed by atoms with Crippen LogP contribution in [0, 0.1) is 12.3 Å². The molecule has 2 aromatic heterocycles. The van der Waals surface area contributed by atoms with Crippen molar-refractivity contribution in [1.82, 2.24) is 14.7 Å². The van der Waals surface area contributed by atoms with Gasteiger partial charge < -0.3 is 15.2 Å². The van der Waals surface area contributed by atoms with Crippen LogP contribution in [-0.4, -0.2) is 46.8 Å². The summed E-state index contributed by atoms with van der Waals surface area (Å²) in [5.74, 6) is -0.169. The Kier molecular flexibility index (Phi) is 4.13. The summed E-state index contributed by atoms with van der Waals surface area (Å²) in [5, 5.41) is 12.6. The Hall–Kier alpha value is -1.92. The van der Waals surface area contributed by atoms with Crippen LogP contribution in [0.15, 0.2) is 24.5 Å². The van der Waals surface area contributed by atoms with Crippen LogP contribution in [0.2, 0.25) is 0 Å². The number of imidazole rings is 1. The molecule has 22 heavy (non-hydrogen) atoms. The maximum absolute atomic E-state index is 12.4. The molecule has 2 aromatic rings. The van der Waals surface area contributed by atoms with E-state index in [-0.39, 0.29) is 17.9 Å². The van der Waals surface area contributed by atoms with Gasteiger partial charge >= 0.3 is 0 Å². The number of carbonyl (C=O) groups excluding carboxylic acids is 1. The number of ether oxygens (including phenoxy) is 1. The van der Waals surface area contributed by atoms with E-state index in [1.54, 1.807) is 10.6 Å². The molecule has 118 valence electrons. The lowest BCUT2D eigenvalue weighted by molar-refractivity contribution is -0.0146. The smallest absolute Gasteiger partial charge is 0.269 e. The summed E-state index contributed by atoms with van der Waals surface area (Å²) < 4.78 is 7.13. The Morgan fingerprint density at radius 2 is 2.23 bits per heavy atom. The number of aliphatic hydroxyl groups is 1. The Labute approximate surface area is 129 Å². The van der Waals surface area contributed by atoms with Crippen molar-refractivity contribution in [3.63, 3.8) is 0 Å². The third-order valence-corrected chi connectivity index (χ3v) is 4.40. The highest BCUT2D eigenvalue weighted by Crippen LogP contribution is 2.29. The fourth-order valence-corrected chi connectivity index (χ4v) is 2.81. The van der Waals surface area contributed by atoms with Crippen LogP contribution in [0.3, 0.4) is 0 Å². The molecule has 3 heterocycles. The summed E-state index contributed by atoms with van der Waals surface area (Å²) in [7, 11) is 0. The zero-order valence-corrected chi connectivity index (χ0v) is 12.7. The van der Waals surface area contributed by atoms with E-state index in [1.807, 2.05) is 25.3 Å². The lowest BCUT2D eigenvalue weighted by Gasteiger charge is -2.35. The number of nitrogens with zero attached hydrogens (tertiary/aromatic N) is 2. The van der Waals surface area contributed by atoms with Crippen LogP contribution in [0.25, 0.3) is 5.65 Å². The van der Waals surface area contributed by atoms with Crippen LogP contribution < -0.4 is 5.32 Å². The van der Waals surface area contributed by atoms with Gasteiger partial charge in [-0.2, -0.15) is 0 Å². The number of nitrogens with one attached hydrogen (secondary N) is 1. The SMILES string of the molecule is Cc1ccc2ncc(C(=O)NCC3(CO)CCOCC3)n2c1. The largest absolute Gasteiger partial charge is 0.396 e. The first-order valence-corrected chi connectivity index (χ1v) is 7.54. The number of hydrogen-bond acceptors (Lipinski definition) is 4. The Morgan fingerprint density at radius 1 is 1.45 bits per heavy atom. The summed E-state index contributed by atoms with van der Waals surface area (Å²) in [5.41, 5.74) is 2.05. The van der Waals surface area contributed by atoms with Gasteiger partial charge in [-0.15, -0.1) is 0 Å². The van der Waals surface area contributed by atoms with Crippen LogP contribution >= 0.6 is 0 Å². The molecule has 0 radical (unpaired) electrons. The molecular weight excluding hydrogens is 282 g/mol. The van der Waals surface area contributed by atoms with E-state index in [4.69, 9.17) is 4.74 Å². The van der Waals surface area contributed by atoms with Gasteiger partial charge in [0, 0.05) is 31.4 Å². The minimum absolute atomic E-state index is 0.0584. The van der Waals surface area contributed by atoms with Crippen molar-refractivity contribution < 1.29 is 14.6 Å². The number of hydrogen-bond donors (Lipinski definition) is 2. The minimum atomic E-state index is -0.273. The Balaban J connectivity index is 1.74. The van der Waals surface area contributed by atoms with Crippen molar-refractivity contribution in [2.45, 2.75) is 19.8 Å². The molecule has 6 heteroatoms. The van der Waals surface area contributed by atoms with Crippen LogP contribution in [0.1, 0.15) is 28.9 Å². The van der Waals surface area contributed by atoms with Gasteiger partial charge in [0.15, 0.2) is 0 Å². The molecule has 6 nitrogen and oxygen atoms in total. The highest BCUT2D eigenvalue weighted by atomic mass is 16.5. The van der Waals surface area contributed by atoms with Gasteiger partial charge in [0.05, 0.1) is 12.8 Å². The van der Waals surface area contributed by atoms with Crippen LogP contribution in [-0.2, 0) is 4.74 Å². The summed E-state index contributed by atoms with van der Waals surface area (Å²) in [6, 6.07) is 3.85. The second kappa shape index (κ2) is 6.06. The van der Waals surface area contributed by atoms with Crippen LogP contribution in [0.4, 0.5) is 0 Å². The molecule has 1 fully saturated rings. The third kappa shape index (κ3) is 2.84. The minimum Gasteiger partial charge on any atom is -0.396 e. The number of carbonyl (C=O) groups is 1. The predicted molar refractivity (Wildman–Crippen MR) is 81.8 cm³/mol. The monoisotopic (exact) mass is 303 g/mol. The van der Waals surface area contributed by atoms with Gasteiger partial charge in [-0.1, -0.05) is 6.07 Å². The highest BCUT2D eigenvalue weighted by Gasteiger charge is 2.32. The van der Waals surface area contributed by atoms with Crippen LogP contribution in [0.5, 0.6) is 0 Å². The van der Waals surface area contributed by atoms with E-state index < -0.39 is 0 Å². The molecule has 1 aliphatic heterocycles. The fraction of sp³-hybridized carbons (Fsp3) is 0.500. The van der Waals surface area contributed by atoms with Gasteiger partial charge in [-0.25, -0.2) is 4.98 Å². The van der Waals surface area contributed by atoms with E-state index in [1.165, 1.54) is 0 Å². The van der Waals surface area contributed by atoms with E-state index >= 15 is 0 Å². The summed E-state index contributed by atoms with van der Waals surface area (Å²) >= 11 is 0. The highest BCUT2D eigenvalue weighted by molar-refractivity contribution is 5.93. The van der Waals surface area contributed by atoms with E-state index in [9.17, 15) is 9.90 Å². The quantitative estimate of drug-likeness (QED) is 0.889. The molecule has 1 saturated heterocycles. The molecule has 3 rings (SSSR count). The topological polar surface area (TPSA) is 75.9 Å². The lowest BCUT2D eigenvalue weighted by atomic mass is 9.81. The standard InChI is InChI=1S/C16H21N3O3/c1-12-2-3-14-17-8-13(19(14)9-12)15(21)18-10-16(11-20)4-6-22-7-5-16/h2-3,8-9,20H,4-7,10-11H2,1H3,(H,18,21). The average molecular weight is 303 g/mol. The number of fused-ring (bicyclic) bond motifs is 1. The first kappa shape index (κ1) is 15.0. The molecule has 0 saturated carbocycles. The molecule has 1 aliphatic rings. The van der Waals surface area contributed by atoms with Gasteiger partial charge in [-0.05, 0) is 31.4 Å². The van der Waals surface area contributed by atoms with Crippen molar-refractivity contribution in [3.05, 3.63) is 35.8 Å². The molecule has 0 atom stereocenters. The zero-order chi connectivity index (χ0) is 15.6. The third-order valence-electron chi connectivity index (χ3n) is 4.40. The number of amides is 1. The van der Waals surface area contributed by atoms with Gasteiger partial charge in [-0.3, -0.25) is 9.20 Å². The Bertz CT molecular complexity index is 674. The van der Waals surface area contributed by atoms with E-state index in [2.05, 4.69) is 10.3 Å². The van der Waals surface area contributed by atoms with Gasteiger partial charge in [0.1, 0.15) is 11.3 Å². The number of aryl methyl sites for hydroxylation is 1. The predicted octanol–water partition coefficient (Wildman–Crippen LogP) is 1.16. The molecule has 0 aliphatic carbocycles. The van der Waals surface area contributed by atoms with Crippen molar-refractivity contribution in [2.75, 3.05) is 26.4 Å². The second-order valence-electron chi connectivity index (χ2n) is 6.03. The van der Waals surface area contributed by atoms with Crippen molar-refractivity contribution >= 4 is 11.6 Å². The van der Waals surface area contributed by atoms with Gasteiger partial charge in [0.25, 0.3) is 5.91 Å². The first-order chi connectivity index (χ1) is 10.6. The summed E-state index contributed by atoms with van der Waals surface area (Å²) in [6.45, 7) is 3.74.